The second-order valence-corrected chi connectivity index (χ2v) is 2.44. The Morgan fingerprint density at radius 2 is 1.89 bits per heavy atom. The Kier molecular flexibility index (Phi) is 4.16. The predicted molar refractivity (Wildman–Crippen MR) is 43.6 cm³/mol. The molecule has 0 aliphatic rings. The van der Waals surface area contributed by atoms with Crippen LogP contribution in [0.3, 0.4) is 0 Å². The molecule has 0 aliphatic heterocycles. The summed E-state index contributed by atoms with van der Waals surface area (Å²) in [5.74, 6) is 0. The average molecular weight is 143 g/mol. The van der Waals surface area contributed by atoms with E-state index < -0.39 is 0 Å². The molecule has 0 aromatic carbocycles. The van der Waals surface area contributed by atoms with E-state index in [0.717, 1.165) is 0 Å². The van der Waals surface area contributed by atoms with Gasteiger partial charge in [0.15, 0.2) is 0 Å². The van der Waals surface area contributed by atoms with Crippen LogP contribution in [0.1, 0.15) is 13.8 Å². The highest BCUT2D eigenvalue weighted by Crippen LogP contribution is 2.02. The lowest BCUT2D eigenvalue weighted by Gasteiger charge is -1.83. The topological polar surface area (TPSA) is 0 Å². The van der Waals surface area contributed by atoms with Crippen molar-refractivity contribution in [1.29, 1.82) is 0 Å². The Morgan fingerprint density at radius 1 is 1.33 bits per heavy atom. The van der Waals surface area contributed by atoms with E-state index in [1.165, 1.54) is 5.57 Å². The van der Waals surface area contributed by atoms with Crippen molar-refractivity contribution in [3.8, 4) is 0 Å². The Labute approximate surface area is 61.5 Å². The molecule has 0 N–H and O–H groups in total. The molecule has 0 aromatic heterocycles. The van der Waals surface area contributed by atoms with Gasteiger partial charge in [-0.3, -0.25) is 0 Å². The molecule has 0 heterocycles. The van der Waals surface area contributed by atoms with Crippen molar-refractivity contribution in [3.63, 3.8) is 0 Å². The minimum atomic E-state index is 0.677. The van der Waals surface area contributed by atoms with Crippen molar-refractivity contribution in [2.45, 2.75) is 13.8 Å². The largest absolute Gasteiger partial charge is 0.0976 e. The van der Waals surface area contributed by atoms with Gasteiger partial charge in [0.1, 0.15) is 0 Å². The number of hydrogen-bond donors (Lipinski definition) is 0. The van der Waals surface area contributed by atoms with Crippen LogP contribution in [0.5, 0.6) is 0 Å². The summed E-state index contributed by atoms with van der Waals surface area (Å²) in [6.45, 7) is 7.54. The van der Waals surface area contributed by atoms with Crippen LogP contribution in [0.25, 0.3) is 0 Å². The summed E-state index contributed by atoms with van der Waals surface area (Å²) >= 11 is 5.61. The maximum atomic E-state index is 5.61. The van der Waals surface area contributed by atoms with Gasteiger partial charge in [0, 0.05) is 5.03 Å². The fraction of sp³-hybridized carbons (Fsp3) is 0.250. The number of halogens is 1. The van der Waals surface area contributed by atoms with Gasteiger partial charge in [0.2, 0.25) is 0 Å². The van der Waals surface area contributed by atoms with Gasteiger partial charge in [-0.25, -0.2) is 0 Å². The fourth-order valence-electron chi connectivity index (χ4n) is 0.314. The SMILES string of the molecule is C=C/C(Cl)=C\C=C(C)C. The second-order valence-electron chi connectivity index (χ2n) is 2.00. The van der Waals surface area contributed by atoms with Gasteiger partial charge in [-0.2, -0.15) is 0 Å². The molecule has 0 saturated heterocycles. The molecule has 0 atom stereocenters. The predicted octanol–water partition coefficient (Wildman–Crippen LogP) is 3.26. The fourth-order valence-corrected chi connectivity index (χ4v) is 0.377. The summed E-state index contributed by atoms with van der Waals surface area (Å²) in [7, 11) is 0. The van der Waals surface area contributed by atoms with Crippen molar-refractivity contribution in [2.75, 3.05) is 0 Å². The summed E-state index contributed by atoms with van der Waals surface area (Å²) in [6.07, 6.45) is 5.38. The maximum Gasteiger partial charge on any atom is 0.0400 e. The van der Waals surface area contributed by atoms with Crippen LogP contribution in [0.2, 0.25) is 0 Å². The molecule has 0 nitrogen and oxygen atoms in total. The van der Waals surface area contributed by atoms with Crippen molar-refractivity contribution in [1.82, 2.24) is 0 Å². The van der Waals surface area contributed by atoms with Crippen LogP contribution in [0, 0.1) is 0 Å². The summed E-state index contributed by atoms with van der Waals surface area (Å²) in [5.41, 5.74) is 1.23. The first-order valence-electron chi connectivity index (χ1n) is 2.80. The molecule has 0 spiro atoms. The molecule has 0 unspecified atom stereocenters. The first-order valence-corrected chi connectivity index (χ1v) is 3.17. The molecule has 0 rings (SSSR count). The first-order chi connectivity index (χ1) is 4.16. The van der Waals surface area contributed by atoms with E-state index in [1.54, 1.807) is 6.08 Å². The Hall–Kier alpha value is -0.490. The molecule has 0 aromatic rings. The monoisotopic (exact) mass is 142 g/mol. The highest BCUT2D eigenvalue weighted by molar-refractivity contribution is 6.31. The third-order valence-corrected chi connectivity index (χ3v) is 1.05. The molecule has 50 valence electrons. The summed E-state index contributed by atoms with van der Waals surface area (Å²) < 4.78 is 0. The van der Waals surface area contributed by atoms with Crippen LogP contribution in [-0.2, 0) is 0 Å². The third kappa shape index (κ3) is 5.38. The van der Waals surface area contributed by atoms with Gasteiger partial charge in [0.05, 0.1) is 0 Å². The minimum absolute atomic E-state index is 0.677. The van der Waals surface area contributed by atoms with Crippen LogP contribution in [0.4, 0.5) is 0 Å². The van der Waals surface area contributed by atoms with Gasteiger partial charge >= 0.3 is 0 Å². The molecule has 0 aliphatic carbocycles. The van der Waals surface area contributed by atoms with Gasteiger partial charge < -0.3 is 0 Å². The Balaban J connectivity index is 3.98. The van der Waals surface area contributed by atoms with Gasteiger partial charge in [0.25, 0.3) is 0 Å². The van der Waals surface area contributed by atoms with Crippen molar-refractivity contribution in [2.24, 2.45) is 0 Å². The second kappa shape index (κ2) is 4.39. The van der Waals surface area contributed by atoms with Crippen LogP contribution >= 0.6 is 11.6 Å². The molecule has 0 bridgehead atoms. The molecule has 1 heteroatoms. The van der Waals surface area contributed by atoms with E-state index in [4.69, 9.17) is 11.6 Å². The number of hydrogen-bond acceptors (Lipinski definition) is 0. The Bertz CT molecular complexity index is 148. The minimum Gasteiger partial charge on any atom is -0.0976 e. The zero-order valence-corrected chi connectivity index (χ0v) is 6.57. The lowest BCUT2D eigenvalue weighted by atomic mass is 10.3. The molecule has 0 amide bonds. The van der Waals surface area contributed by atoms with E-state index in [1.807, 2.05) is 26.0 Å². The summed E-state index contributed by atoms with van der Waals surface area (Å²) in [5, 5.41) is 0.677. The van der Waals surface area contributed by atoms with E-state index in [2.05, 4.69) is 6.58 Å². The third-order valence-electron chi connectivity index (χ3n) is 0.771. The van der Waals surface area contributed by atoms with Crippen LogP contribution in [-0.4, -0.2) is 0 Å². The van der Waals surface area contributed by atoms with Gasteiger partial charge in [-0.15, -0.1) is 0 Å². The summed E-state index contributed by atoms with van der Waals surface area (Å²) in [6, 6.07) is 0. The molecular weight excluding hydrogens is 132 g/mol. The van der Waals surface area contributed by atoms with Gasteiger partial charge in [-0.05, 0) is 19.9 Å². The first kappa shape index (κ1) is 8.51. The van der Waals surface area contributed by atoms with E-state index >= 15 is 0 Å². The number of rotatable bonds is 2. The summed E-state index contributed by atoms with van der Waals surface area (Å²) in [4.78, 5) is 0. The highest BCUT2D eigenvalue weighted by Gasteiger charge is 1.77. The van der Waals surface area contributed by atoms with Crippen LogP contribution < -0.4 is 0 Å². The molecular formula is C8H11Cl. The van der Waals surface area contributed by atoms with Crippen molar-refractivity contribution < 1.29 is 0 Å². The average Bonchev–Trinajstić information content (AvgIpc) is 1.83. The van der Waals surface area contributed by atoms with Crippen molar-refractivity contribution in [3.05, 3.63) is 35.4 Å². The molecule has 0 fully saturated rings. The zero-order chi connectivity index (χ0) is 7.28. The maximum absolute atomic E-state index is 5.61. The quantitative estimate of drug-likeness (QED) is 0.520. The standard InChI is InChI=1S/C8H11Cl/c1-4-8(9)6-5-7(2)3/h4-6H,1H2,2-3H3/b8-6+. The van der Waals surface area contributed by atoms with E-state index in [-0.39, 0.29) is 0 Å². The van der Waals surface area contributed by atoms with Crippen molar-refractivity contribution >= 4 is 11.6 Å². The highest BCUT2D eigenvalue weighted by atomic mass is 35.5. The number of allylic oxidation sites excluding steroid dienone is 5. The zero-order valence-electron chi connectivity index (χ0n) is 5.82. The molecule has 9 heavy (non-hydrogen) atoms. The Morgan fingerprint density at radius 3 is 2.22 bits per heavy atom. The normalized spacial score (nSPS) is 10.8. The molecule has 0 radical (unpaired) electrons. The van der Waals surface area contributed by atoms with E-state index in [0.29, 0.717) is 5.03 Å². The van der Waals surface area contributed by atoms with Crippen LogP contribution in [0.15, 0.2) is 35.4 Å². The van der Waals surface area contributed by atoms with E-state index in [9.17, 15) is 0 Å². The lowest BCUT2D eigenvalue weighted by molar-refractivity contribution is 1.39. The smallest absolute Gasteiger partial charge is 0.0400 e. The van der Waals surface area contributed by atoms with Gasteiger partial charge in [-0.1, -0.05) is 35.9 Å². The molecule has 0 saturated carbocycles. The lowest BCUT2D eigenvalue weighted by Crippen LogP contribution is -1.61.